The number of aromatic nitrogens is 2. The normalized spacial score (nSPS) is 12.6. The quantitative estimate of drug-likeness (QED) is 0.335. The maximum atomic E-state index is 10.6. The third kappa shape index (κ3) is 7.42. The Kier molecular flexibility index (Phi) is 8.69. The Hall–Kier alpha value is -3.32. The van der Waals surface area contributed by atoms with E-state index in [9.17, 15) is 5.11 Å². The van der Waals surface area contributed by atoms with Crippen molar-refractivity contribution in [1.29, 1.82) is 0 Å². The van der Waals surface area contributed by atoms with Gasteiger partial charge >= 0.3 is 0 Å². The molecule has 170 valence electrons. The van der Waals surface area contributed by atoms with E-state index >= 15 is 0 Å². The number of aliphatic imine (C=N–C) groups is 1. The zero-order valence-corrected chi connectivity index (χ0v) is 19.0. The van der Waals surface area contributed by atoms with Crippen LogP contribution in [-0.4, -0.2) is 40.0 Å². The Morgan fingerprint density at radius 3 is 2.66 bits per heavy atom. The van der Waals surface area contributed by atoms with E-state index in [2.05, 4.69) is 32.9 Å². The molecular formula is C25H33N5O2. The van der Waals surface area contributed by atoms with Crippen molar-refractivity contribution in [2.24, 2.45) is 4.99 Å². The maximum Gasteiger partial charge on any atom is 0.191 e. The summed E-state index contributed by atoms with van der Waals surface area (Å²) >= 11 is 0. The highest BCUT2D eigenvalue weighted by molar-refractivity contribution is 5.79. The van der Waals surface area contributed by atoms with Crippen LogP contribution in [0.5, 0.6) is 5.75 Å². The van der Waals surface area contributed by atoms with Crippen LogP contribution in [0.3, 0.4) is 0 Å². The predicted molar refractivity (Wildman–Crippen MR) is 128 cm³/mol. The summed E-state index contributed by atoms with van der Waals surface area (Å²) in [7, 11) is 0. The lowest BCUT2D eigenvalue weighted by atomic mass is 10.1. The molecule has 1 atom stereocenters. The molecule has 3 aromatic rings. The van der Waals surface area contributed by atoms with Crippen molar-refractivity contribution in [2.75, 3.05) is 13.1 Å². The van der Waals surface area contributed by atoms with Crippen molar-refractivity contribution in [3.05, 3.63) is 83.7 Å². The molecule has 0 aliphatic carbocycles. The zero-order valence-electron chi connectivity index (χ0n) is 19.0. The van der Waals surface area contributed by atoms with Crippen molar-refractivity contribution in [2.45, 2.75) is 46.1 Å². The van der Waals surface area contributed by atoms with Gasteiger partial charge in [-0.2, -0.15) is 5.10 Å². The molecule has 3 rings (SSSR count). The Bertz CT molecular complexity index is 985. The molecule has 1 unspecified atom stereocenters. The molecule has 1 heterocycles. The van der Waals surface area contributed by atoms with Gasteiger partial charge in [0, 0.05) is 24.8 Å². The average molecular weight is 436 g/mol. The highest BCUT2D eigenvalue weighted by atomic mass is 16.5. The third-order valence-corrected chi connectivity index (χ3v) is 4.72. The number of hydrogen-bond acceptors (Lipinski definition) is 4. The highest BCUT2D eigenvalue weighted by Gasteiger charge is 2.10. The first-order chi connectivity index (χ1) is 15.5. The monoisotopic (exact) mass is 435 g/mol. The van der Waals surface area contributed by atoms with Gasteiger partial charge in [0.1, 0.15) is 5.75 Å². The van der Waals surface area contributed by atoms with Crippen LogP contribution in [0, 0.1) is 0 Å². The minimum atomic E-state index is -0.678. The summed E-state index contributed by atoms with van der Waals surface area (Å²) in [5.74, 6) is 1.40. The first kappa shape index (κ1) is 23.3. The van der Waals surface area contributed by atoms with Gasteiger partial charge in [-0.3, -0.25) is 4.68 Å². The van der Waals surface area contributed by atoms with Gasteiger partial charge in [-0.15, -0.1) is 0 Å². The van der Waals surface area contributed by atoms with Gasteiger partial charge < -0.3 is 20.5 Å². The number of nitrogens with zero attached hydrogens (tertiary/aromatic N) is 3. The molecule has 0 aliphatic heterocycles. The molecule has 2 aromatic carbocycles. The lowest BCUT2D eigenvalue weighted by Gasteiger charge is -2.17. The van der Waals surface area contributed by atoms with E-state index in [-0.39, 0.29) is 6.10 Å². The van der Waals surface area contributed by atoms with Crippen molar-refractivity contribution < 1.29 is 9.84 Å². The van der Waals surface area contributed by atoms with Gasteiger partial charge in [-0.1, -0.05) is 42.5 Å². The summed E-state index contributed by atoms with van der Waals surface area (Å²) in [6.07, 6.45) is 3.26. The number of aliphatic hydroxyl groups excluding tert-OH is 1. The molecule has 0 saturated heterocycles. The van der Waals surface area contributed by atoms with Gasteiger partial charge in [0.05, 0.1) is 31.5 Å². The largest absolute Gasteiger partial charge is 0.491 e. The van der Waals surface area contributed by atoms with Crippen LogP contribution in [0.25, 0.3) is 0 Å². The smallest absolute Gasteiger partial charge is 0.191 e. The fourth-order valence-electron chi connectivity index (χ4n) is 3.24. The van der Waals surface area contributed by atoms with E-state index in [0.29, 0.717) is 19.0 Å². The molecule has 3 N–H and O–H groups in total. The number of guanidine groups is 1. The van der Waals surface area contributed by atoms with Gasteiger partial charge in [0.25, 0.3) is 0 Å². The average Bonchev–Trinajstić information content (AvgIpc) is 3.23. The number of benzene rings is 2. The second-order valence-corrected chi connectivity index (χ2v) is 7.86. The fraction of sp³-hybridized carbons (Fsp3) is 0.360. The second kappa shape index (κ2) is 11.9. The van der Waals surface area contributed by atoms with Crippen LogP contribution in [0.2, 0.25) is 0 Å². The summed E-state index contributed by atoms with van der Waals surface area (Å²) in [6, 6.07) is 17.8. The maximum absolute atomic E-state index is 10.6. The van der Waals surface area contributed by atoms with Crippen LogP contribution in [0.1, 0.15) is 43.6 Å². The first-order valence-electron chi connectivity index (χ1n) is 11.1. The third-order valence-electron chi connectivity index (χ3n) is 4.72. The molecular weight excluding hydrogens is 402 g/mol. The molecule has 7 heteroatoms. The van der Waals surface area contributed by atoms with Gasteiger partial charge in [-0.25, -0.2) is 4.99 Å². The summed E-state index contributed by atoms with van der Waals surface area (Å²) in [4.78, 5) is 4.63. The summed E-state index contributed by atoms with van der Waals surface area (Å²) < 4.78 is 7.63. The number of hydrogen-bond donors (Lipinski definition) is 3. The Morgan fingerprint density at radius 1 is 1.09 bits per heavy atom. The van der Waals surface area contributed by atoms with Crippen molar-refractivity contribution in [3.63, 3.8) is 0 Å². The molecule has 0 fully saturated rings. The molecule has 0 aliphatic rings. The number of rotatable bonds is 10. The topological polar surface area (TPSA) is 83.7 Å². The molecule has 7 nitrogen and oxygen atoms in total. The lowest BCUT2D eigenvalue weighted by Crippen LogP contribution is -2.39. The second-order valence-electron chi connectivity index (χ2n) is 7.86. The molecule has 0 saturated carbocycles. The summed E-state index contributed by atoms with van der Waals surface area (Å²) in [5, 5.41) is 21.5. The van der Waals surface area contributed by atoms with Crippen molar-refractivity contribution in [1.82, 2.24) is 20.4 Å². The predicted octanol–water partition coefficient (Wildman–Crippen LogP) is 3.51. The molecule has 0 amide bonds. The van der Waals surface area contributed by atoms with E-state index < -0.39 is 6.10 Å². The van der Waals surface area contributed by atoms with E-state index in [1.54, 1.807) is 0 Å². The van der Waals surface area contributed by atoms with Crippen molar-refractivity contribution >= 4 is 5.96 Å². The summed E-state index contributed by atoms with van der Waals surface area (Å²) in [5.41, 5.74) is 3.03. The molecule has 0 bridgehead atoms. The SMILES string of the molecule is CCNC(=NCc1cnn(Cc2ccccc2)c1)NCC(O)c1cccc(OC(C)C)c1. The van der Waals surface area contributed by atoms with Crippen LogP contribution in [-0.2, 0) is 13.1 Å². The van der Waals surface area contributed by atoms with Crippen LogP contribution in [0.4, 0.5) is 0 Å². The Morgan fingerprint density at radius 2 is 1.91 bits per heavy atom. The van der Waals surface area contributed by atoms with E-state index in [0.717, 1.165) is 30.0 Å². The van der Waals surface area contributed by atoms with Gasteiger partial charge in [0.15, 0.2) is 5.96 Å². The van der Waals surface area contributed by atoms with E-state index in [4.69, 9.17) is 4.74 Å². The molecule has 0 spiro atoms. The van der Waals surface area contributed by atoms with E-state index in [1.807, 2.05) is 80.3 Å². The van der Waals surface area contributed by atoms with Crippen molar-refractivity contribution in [3.8, 4) is 5.75 Å². The van der Waals surface area contributed by atoms with Gasteiger partial charge in [-0.05, 0) is 44.0 Å². The van der Waals surface area contributed by atoms with Gasteiger partial charge in [0.2, 0.25) is 0 Å². The Labute approximate surface area is 190 Å². The standard InChI is InChI=1S/C25H33N5O2/c1-4-26-25(28-16-24(31)22-11-8-12-23(13-22)32-19(2)3)27-14-21-15-29-30(18-21)17-20-9-6-5-7-10-20/h5-13,15,18-19,24,31H,4,14,16-17H2,1-3H3,(H2,26,27,28). The summed E-state index contributed by atoms with van der Waals surface area (Å²) in [6.45, 7) is 8.27. The first-order valence-corrected chi connectivity index (χ1v) is 11.1. The molecule has 0 radical (unpaired) electrons. The highest BCUT2D eigenvalue weighted by Crippen LogP contribution is 2.20. The Balaban J connectivity index is 1.56. The van der Waals surface area contributed by atoms with Crippen LogP contribution < -0.4 is 15.4 Å². The zero-order chi connectivity index (χ0) is 22.8. The number of aliphatic hydroxyl groups is 1. The van der Waals surface area contributed by atoms with E-state index in [1.165, 1.54) is 5.56 Å². The number of ether oxygens (including phenoxy) is 1. The number of nitrogens with one attached hydrogen (secondary N) is 2. The minimum absolute atomic E-state index is 0.0880. The van der Waals surface area contributed by atoms with Crippen LogP contribution in [0.15, 0.2) is 72.0 Å². The minimum Gasteiger partial charge on any atom is -0.491 e. The fourth-order valence-corrected chi connectivity index (χ4v) is 3.24. The van der Waals surface area contributed by atoms with Crippen LogP contribution >= 0.6 is 0 Å². The molecule has 32 heavy (non-hydrogen) atoms. The lowest BCUT2D eigenvalue weighted by molar-refractivity contribution is 0.179. The molecule has 1 aromatic heterocycles.